The standard InChI is InChI=1S/C53H33N/c1-3-13-38-31-41(27-23-34(38)11-1)51-45-17-6-7-18-46(45)52(42-28-24-35-12-2-4-14-39(35)32-42)49-33-40(29-30-47(49)51)36-21-25-37(26-22-36)53-48-19-8-5-15-43(48)44-16-9-10-20-50(44)54-53/h1-33H. The molecule has 0 amide bonds. The number of rotatable bonds is 4. The van der Waals surface area contributed by atoms with Gasteiger partial charge in [0.15, 0.2) is 0 Å². The lowest BCUT2D eigenvalue weighted by Gasteiger charge is -2.19. The van der Waals surface area contributed by atoms with E-state index in [0.717, 1.165) is 16.8 Å². The first-order valence-corrected chi connectivity index (χ1v) is 18.6. The number of benzene rings is 10. The summed E-state index contributed by atoms with van der Waals surface area (Å²) in [6.45, 7) is 0. The minimum atomic E-state index is 1.01. The molecule has 0 bridgehead atoms. The summed E-state index contributed by atoms with van der Waals surface area (Å²) in [6, 6.07) is 73.1. The van der Waals surface area contributed by atoms with E-state index in [9.17, 15) is 0 Å². The summed E-state index contributed by atoms with van der Waals surface area (Å²) in [4.78, 5) is 5.17. The Kier molecular flexibility index (Phi) is 6.93. The maximum atomic E-state index is 5.17. The fraction of sp³-hybridized carbons (Fsp3) is 0. The Hall–Kier alpha value is -7.09. The smallest absolute Gasteiger partial charge is 0.0788 e. The molecule has 1 heterocycles. The first-order chi connectivity index (χ1) is 26.8. The Bertz CT molecular complexity index is 3260. The molecule has 0 fully saturated rings. The van der Waals surface area contributed by atoms with Crippen molar-refractivity contribution in [2.75, 3.05) is 0 Å². The molecule has 1 heteroatoms. The van der Waals surface area contributed by atoms with Gasteiger partial charge in [0.25, 0.3) is 0 Å². The molecular formula is C53H33N. The minimum absolute atomic E-state index is 1.01. The second-order valence-electron chi connectivity index (χ2n) is 14.3. The van der Waals surface area contributed by atoms with Crippen LogP contribution in [-0.4, -0.2) is 4.98 Å². The number of para-hydroxylation sites is 1. The third-order valence-electron chi connectivity index (χ3n) is 11.2. The molecule has 0 aliphatic carbocycles. The summed E-state index contributed by atoms with van der Waals surface area (Å²) in [5.74, 6) is 0. The number of hydrogen-bond acceptors (Lipinski definition) is 1. The highest BCUT2D eigenvalue weighted by Crippen LogP contribution is 2.46. The van der Waals surface area contributed by atoms with E-state index < -0.39 is 0 Å². The van der Waals surface area contributed by atoms with Crippen LogP contribution in [0.4, 0.5) is 0 Å². The van der Waals surface area contributed by atoms with Crippen LogP contribution < -0.4 is 0 Å². The van der Waals surface area contributed by atoms with Crippen molar-refractivity contribution < 1.29 is 0 Å². The largest absolute Gasteiger partial charge is 0.247 e. The van der Waals surface area contributed by atoms with Crippen molar-refractivity contribution >= 4 is 64.8 Å². The molecule has 0 aliphatic rings. The average molecular weight is 684 g/mol. The topological polar surface area (TPSA) is 12.9 Å². The van der Waals surface area contributed by atoms with Crippen molar-refractivity contribution in [1.29, 1.82) is 0 Å². The quantitative estimate of drug-likeness (QED) is 0.133. The molecule has 0 radical (unpaired) electrons. The van der Waals surface area contributed by atoms with Gasteiger partial charge in [-0.25, -0.2) is 4.98 Å². The van der Waals surface area contributed by atoms with Crippen molar-refractivity contribution in [3.05, 3.63) is 200 Å². The summed E-state index contributed by atoms with van der Waals surface area (Å²) in [7, 11) is 0. The van der Waals surface area contributed by atoms with Gasteiger partial charge in [-0.15, -0.1) is 0 Å². The van der Waals surface area contributed by atoms with Crippen molar-refractivity contribution in [3.8, 4) is 44.6 Å². The van der Waals surface area contributed by atoms with Crippen LogP contribution in [0.15, 0.2) is 200 Å². The molecule has 11 rings (SSSR count). The predicted octanol–water partition coefficient (Wildman–Crippen LogP) is 14.7. The van der Waals surface area contributed by atoms with Gasteiger partial charge in [-0.05, 0) is 106 Å². The van der Waals surface area contributed by atoms with E-state index in [1.165, 1.54) is 92.6 Å². The summed E-state index contributed by atoms with van der Waals surface area (Å²) in [5, 5.41) is 13.6. The highest BCUT2D eigenvalue weighted by atomic mass is 14.7. The third-order valence-corrected chi connectivity index (χ3v) is 11.2. The van der Waals surface area contributed by atoms with Gasteiger partial charge in [0.05, 0.1) is 11.2 Å². The van der Waals surface area contributed by atoms with Gasteiger partial charge in [-0.2, -0.15) is 0 Å². The van der Waals surface area contributed by atoms with Gasteiger partial charge in [-0.3, -0.25) is 0 Å². The molecule has 1 aromatic heterocycles. The fourth-order valence-corrected chi connectivity index (χ4v) is 8.61. The van der Waals surface area contributed by atoms with E-state index in [2.05, 4.69) is 200 Å². The molecule has 0 saturated heterocycles. The first kappa shape index (κ1) is 30.5. The van der Waals surface area contributed by atoms with Crippen LogP contribution in [0.2, 0.25) is 0 Å². The van der Waals surface area contributed by atoms with Crippen molar-refractivity contribution in [2.24, 2.45) is 0 Å². The van der Waals surface area contributed by atoms with E-state index in [1.54, 1.807) is 0 Å². The van der Waals surface area contributed by atoms with Gasteiger partial charge >= 0.3 is 0 Å². The highest BCUT2D eigenvalue weighted by Gasteiger charge is 2.18. The fourth-order valence-electron chi connectivity index (χ4n) is 8.61. The van der Waals surface area contributed by atoms with Crippen LogP contribution in [0, 0.1) is 0 Å². The second-order valence-corrected chi connectivity index (χ2v) is 14.3. The number of pyridine rings is 1. The van der Waals surface area contributed by atoms with Crippen molar-refractivity contribution in [1.82, 2.24) is 4.98 Å². The molecule has 10 aromatic carbocycles. The molecule has 250 valence electrons. The zero-order chi connectivity index (χ0) is 35.6. The molecule has 0 saturated carbocycles. The molecule has 0 aliphatic heterocycles. The molecule has 0 spiro atoms. The third kappa shape index (κ3) is 4.90. The maximum Gasteiger partial charge on any atom is 0.0788 e. The van der Waals surface area contributed by atoms with Gasteiger partial charge in [0.2, 0.25) is 0 Å². The Morgan fingerprint density at radius 1 is 0.241 bits per heavy atom. The second kappa shape index (κ2) is 12.3. The monoisotopic (exact) mass is 683 g/mol. The number of fused-ring (bicyclic) bond motifs is 7. The number of hydrogen-bond donors (Lipinski definition) is 0. The van der Waals surface area contributed by atoms with Crippen LogP contribution >= 0.6 is 0 Å². The van der Waals surface area contributed by atoms with Crippen molar-refractivity contribution in [2.45, 2.75) is 0 Å². The zero-order valence-electron chi connectivity index (χ0n) is 29.5. The van der Waals surface area contributed by atoms with E-state index in [4.69, 9.17) is 4.98 Å². The van der Waals surface area contributed by atoms with Crippen molar-refractivity contribution in [3.63, 3.8) is 0 Å². The van der Waals surface area contributed by atoms with Crippen LogP contribution in [0.25, 0.3) is 109 Å². The minimum Gasteiger partial charge on any atom is -0.247 e. The lowest BCUT2D eigenvalue weighted by atomic mass is 9.84. The number of nitrogens with zero attached hydrogens (tertiary/aromatic N) is 1. The highest BCUT2D eigenvalue weighted by molar-refractivity contribution is 6.22. The summed E-state index contributed by atoms with van der Waals surface area (Å²) in [5.41, 5.74) is 10.5. The van der Waals surface area contributed by atoms with Gasteiger partial charge in [0.1, 0.15) is 0 Å². The van der Waals surface area contributed by atoms with Crippen LogP contribution in [-0.2, 0) is 0 Å². The summed E-state index contributed by atoms with van der Waals surface area (Å²) >= 11 is 0. The Morgan fingerprint density at radius 3 is 1.33 bits per heavy atom. The SMILES string of the molecule is c1ccc2cc(-c3c4ccccc4c(-c4ccc5ccccc5c4)c4cc(-c5ccc(-c6nc7ccccc7c7ccccc67)cc5)ccc34)ccc2c1. The van der Waals surface area contributed by atoms with E-state index in [1.807, 2.05) is 0 Å². The maximum absolute atomic E-state index is 5.17. The van der Waals surface area contributed by atoms with Crippen LogP contribution in [0.5, 0.6) is 0 Å². The Labute approximate surface area is 313 Å². The summed E-state index contributed by atoms with van der Waals surface area (Å²) in [6.07, 6.45) is 0. The lowest BCUT2D eigenvalue weighted by Crippen LogP contribution is -1.92. The van der Waals surface area contributed by atoms with Gasteiger partial charge in [0, 0.05) is 16.3 Å². The average Bonchev–Trinajstić information content (AvgIpc) is 3.25. The Morgan fingerprint density at radius 2 is 0.685 bits per heavy atom. The molecule has 0 atom stereocenters. The van der Waals surface area contributed by atoms with E-state index in [-0.39, 0.29) is 0 Å². The molecule has 0 N–H and O–H groups in total. The van der Waals surface area contributed by atoms with Gasteiger partial charge < -0.3 is 0 Å². The van der Waals surface area contributed by atoms with Crippen LogP contribution in [0.3, 0.4) is 0 Å². The van der Waals surface area contributed by atoms with Gasteiger partial charge in [-0.1, -0.05) is 176 Å². The zero-order valence-corrected chi connectivity index (χ0v) is 29.5. The van der Waals surface area contributed by atoms with Crippen LogP contribution in [0.1, 0.15) is 0 Å². The molecule has 1 nitrogen and oxygen atoms in total. The Balaban J connectivity index is 1.14. The first-order valence-electron chi connectivity index (χ1n) is 18.6. The molecule has 11 aromatic rings. The molecular weight excluding hydrogens is 651 g/mol. The molecule has 54 heavy (non-hydrogen) atoms. The summed E-state index contributed by atoms with van der Waals surface area (Å²) < 4.78 is 0. The van der Waals surface area contributed by atoms with E-state index in [0.29, 0.717) is 0 Å². The normalized spacial score (nSPS) is 11.7. The molecule has 0 unspecified atom stereocenters. The predicted molar refractivity (Wildman–Crippen MR) is 231 cm³/mol. The lowest BCUT2D eigenvalue weighted by molar-refractivity contribution is 1.43. The van der Waals surface area contributed by atoms with E-state index >= 15 is 0 Å². The number of aromatic nitrogens is 1.